The molecule has 3 nitrogen and oxygen atoms in total. The highest BCUT2D eigenvalue weighted by atomic mass is 35.5. The van der Waals surface area contributed by atoms with E-state index in [-0.39, 0.29) is 0 Å². The van der Waals surface area contributed by atoms with E-state index in [0.717, 1.165) is 5.65 Å². The van der Waals surface area contributed by atoms with Crippen LogP contribution in [0.5, 0.6) is 0 Å². The zero-order valence-electron chi connectivity index (χ0n) is 5.41. The number of pyridine rings is 1. The first-order valence-corrected chi connectivity index (χ1v) is 3.77. The van der Waals surface area contributed by atoms with Crippen LogP contribution < -0.4 is 0 Å². The Hall–Kier alpha value is -0.870. The first kappa shape index (κ1) is 6.82. The van der Waals surface area contributed by atoms with Gasteiger partial charge < -0.3 is 0 Å². The molecule has 0 unspecified atom stereocenters. The summed E-state index contributed by atoms with van der Waals surface area (Å²) in [4.78, 5) is 0. The smallest absolute Gasteiger partial charge is 0.152 e. The second kappa shape index (κ2) is 2.32. The summed E-state index contributed by atoms with van der Waals surface area (Å²) in [7, 11) is 0. The summed E-state index contributed by atoms with van der Waals surface area (Å²) in [5, 5.41) is 7.10. The van der Waals surface area contributed by atoms with Crippen molar-refractivity contribution in [1.82, 2.24) is 14.6 Å². The van der Waals surface area contributed by atoms with Crippen molar-refractivity contribution in [3.05, 3.63) is 28.1 Å². The zero-order chi connectivity index (χ0) is 7.84. The van der Waals surface area contributed by atoms with Crippen LogP contribution >= 0.6 is 23.8 Å². The van der Waals surface area contributed by atoms with Gasteiger partial charge in [0.1, 0.15) is 11.3 Å². The van der Waals surface area contributed by atoms with Gasteiger partial charge >= 0.3 is 0 Å². The van der Waals surface area contributed by atoms with Crippen molar-refractivity contribution in [3.8, 4) is 0 Å². The summed E-state index contributed by atoms with van der Waals surface area (Å²) in [5.74, 6) is 0. The molecule has 0 aliphatic carbocycles. The fourth-order valence-electron chi connectivity index (χ4n) is 0.881. The Labute approximate surface area is 72.6 Å². The van der Waals surface area contributed by atoms with Gasteiger partial charge in [-0.25, -0.2) is 0 Å². The van der Waals surface area contributed by atoms with E-state index >= 15 is 0 Å². The number of rotatable bonds is 0. The molecule has 0 fully saturated rings. The lowest BCUT2D eigenvalue weighted by atomic mass is 10.5. The third kappa shape index (κ3) is 0.948. The van der Waals surface area contributed by atoms with E-state index in [1.54, 1.807) is 16.8 Å². The monoisotopic (exact) mass is 185 g/mol. The molecule has 0 aliphatic heterocycles. The highest BCUT2D eigenvalue weighted by molar-refractivity contribution is 7.71. The molecule has 0 spiro atoms. The van der Waals surface area contributed by atoms with Crippen LogP contribution in [-0.2, 0) is 0 Å². The third-order valence-electron chi connectivity index (χ3n) is 1.42. The molecule has 1 N–H and O–H groups in total. The van der Waals surface area contributed by atoms with Gasteiger partial charge in [0.05, 0.1) is 4.51 Å². The van der Waals surface area contributed by atoms with E-state index in [1.807, 2.05) is 6.20 Å². The maximum atomic E-state index is 5.87. The number of nitrogens with one attached hydrogen (secondary N) is 1. The Kier molecular flexibility index (Phi) is 1.44. The van der Waals surface area contributed by atoms with E-state index in [9.17, 15) is 0 Å². The largest absolute Gasteiger partial charge is 0.290 e. The first-order valence-electron chi connectivity index (χ1n) is 2.99. The van der Waals surface area contributed by atoms with Crippen LogP contribution in [0.3, 0.4) is 0 Å². The summed E-state index contributed by atoms with van der Waals surface area (Å²) in [5.41, 5.74) is 0.735. The highest BCUT2D eigenvalue weighted by Gasteiger charge is 1.99. The maximum absolute atomic E-state index is 5.87. The van der Waals surface area contributed by atoms with Crippen molar-refractivity contribution < 1.29 is 0 Å². The molecular formula is C6H4ClN3S. The quantitative estimate of drug-likeness (QED) is 0.638. The summed E-state index contributed by atoms with van der Waals surface area (Å²) in [6.07, 6.45) is 3.45. The van der Waals surface area contributed by atoms with Gasteiger partial charge in [0.15, 0.2) is 5.65 Å². The van der Waals surface area contributed by atoms with Crippen LogP contribution in [0.1, 0.15) is 0 Å². The minimum atomic E-state index is 0.542. The highest BCUT2D eigenvalue weighted by Crippen LogP contribution is 2.15. The predicted molar refractivity (Wildman–Crippen MR) is 45.4 cm³/mol. The van der Waals surface area contributed by atoms with Crippen molar-refractivity contribution in [1.29, 1.82) is 0 Å². The van der Waals surface area contributed by atoms with Crippen LogP contribution in [0.25, 0.3) is 5.65 Å². The van der Waals surface area contributed by atoms with E-state index in [0.29, 0.717) is 9.53 Å². The van der Waals surface area contributed by atoms with Gasteiger partial charge in [0, 0.05) is 6.20 Å². The number of aromatic amines is 1. The molecule has 2 rings (SSSR count). The summed E-state index contributed by atoms with van der Waals surface area (Å²) in [6, 6.07) is 1.76. The average Bonchev–Trinajstić information content (AvgIpc) is 2.45. The van der Waals surface area contributed by atoms with E-state index in [2.05, 4.69) is 10.2 Å². The lowest BCUT2D eigenvalue weighted by Gasteiger charge is -1.92. The Morgan fingerprint density at radius 3 is 3.27 bits per heavy atom. The van der Waals surface area contributed by atoms with E-state index in [1.165, 1.54) is 0 Å². The van der Waals surface area contributed by atoms with Gasteiger partial charge in [-0.1, -0.05) is 23.8 Å². The minimum absolute atomic E-state index is 0.542. The molecule has 0 aromatic carbocycles. The maximum Gasteiger partial charge on any atom is 0.152 e. The molecule has 2 heterocycles. The molecule has 0 radical (unpaired) electrons. The van der Waals surface area contributed by atoms with E-state index < -0.39 is 0 Å². The van der Waals surface area contributed by atoms with Crippen molar-refractivity contribution >= 4 is 29.5 Å². The van der Waals surface area contributed by atoms with Crippen molar-refractivity contribution in [2.24, 2.45) is 0 Å². The molecular weight excluding hydrogens is 182 g/mol. The Bertz CT molecular complexity index is 444. The van der Waals surface area contributed by atoms with Crippen LogP contribution in [0.4, 0.5) is 0 Å². The van der Waals surface area contributed by atoms with Crippen LogP contribution in [-0.4, -0.2) is 14.6 Å². The molecule has 0 atom stereocenters. The second-order valence-corrected chi connectivity index (χ2v) is 2.92. The molecule has 0 saturated carbocycles. The summed E-state index contributed by atoms with van der Waals surface area (Å²) >= 11 is 10.8. The molecule has 56 valence electrons. The summed E-state index contributed by atoms with van der Waals surface area (Å²) in [6.45, 7) is 0. The van der Waals surface area contributed by atoms with Crippen LogP contribution in [0.15, 0.2) is 18.6 Å². The molecule has 0 bridgehead atoms. The van der Waals surface area contributed by atoms with Crippen molar-refractivity contribution in [3.63, 3.8) is 0 Å². The number of halogens is 1. The van der Waals surface area contributed by atoms with Gasteiger partial charge in [-0.15, -0.1) is 0 Å². The molecule has 11 heavy (non-hydrogen) atoms. The molecule has 0 aliphatic rings. The summed E-state index contributed by atoms with van der Waals surface area (Å²) < 4.78 is 2.41. The van der Waals surface area contributed by atoms with Gasteiger partial charge in [-0.3, -0.25) is 9.50 Å². The number of nitrogens with zero attached hydrogens (tertiary/aromatic N) is 2. The van der Waals surface area contributed by atoms with Gasteiger partial charge in [0.25, 0.3) is 0 Å². The standard InChI is InChI=1S/C6H4ClN3S/c7-5-4(11)1-2-10-3-8-9-6(5)10/h1-3,9H. The topological polar surface area (TPSA) is 33.1 Å². The molecule has 2 aromatic heterocycles. The Balaban J connectivity index is 3.04. The minimum Gasteiger partial charge on any atom is -0.290 e. The SMILES string of the molecule is S=c1ccn2cn[nH]c2c1Cl. The van der Waals surface area contributed by atoms with Gasteiger partial charge in [0.2, 0.25) is 0 Å². The fraction of sp³-hybridized carbons (Fsp3) is 0. The van der Waals surface area contributed by atoms with Gasteiger partial charge in [-0.2, -0.15) is 5.10 Å². The number of hydrogen-bond donors (Lipinski definition) is 1. The Morgan fingerprint density at radius 1 is 1.64 bits per heavy atom. The normalized spacial score (nSPS) is 10.6. The Morgan fingerprint density at radius 2 is 2.45 bits per heavy atom. The molecule has 0 saturated heterocycles. The first-order chi connectivity index (χ1) is 5.29. The number of aromatic nitrogens is 3. The number of fused-ring (bicyclic) bond motifs is 1. The number of hydrogen-bond acceptors (Lipinski definition) is 2. The lowest BCUT2D eigenvalue weighted by molar-refractivity contribution is 1.10. The third-order valence-corrected chi connectivity index (χ3v) is 2.26. The predicted octanol–water partition coefficient (Wildman–Crippen LogP) is 2.05. The lowest BCUT2D eigenvalue weighted by Crippen LogP contribution is -1.82. The molecule has 2 aromatic rings. The second-order valence-electron chi connectivity index (χ2n) is 2.11. The average molecular weight is 186 g/mol. The van der Waals surface area contributed by atoms with E-state index in [4.69, 9.17) is 23.8 Å². The number of H-pyrrole nitrogens is 1. The van der Waals surface area contributed by atoms with Crippen LogP contribution in [0.2, 0.25) is 5.02 Å². The van der Waals surface area contributed by atoms with Crippen molar-refractivity contribution in [2.75, 3.05) is 0 Å². The molecule has 0 amide bonds. The fourth-order valence-corrected chi connectivity index (χ4v) is 1.24. The molecule has 5 heteroatoms. The van der Waals surface area contributed by atoms with Crippen LogP contribution in [0, 0.1) is 4.51 Å². The van der Waals surface area contributed by atoms with Gasteiger partial charge in [-0.05, 0) is 6.07 Å². The van der Waals surface area contributed by atoms with Crippen molar-refractivity contribution in [2.45, 2.75) is 0 Å². The zero-order valence-corrected chi connectivity index (χ0v) is 6.99.